The van der Waals surface area contributed by atoms with Gasteiger partial charge in [0.15, 0.2) is 30.1 Å². The first kappa shape index (κ1) is 54.6. The summed E-state index contributed by atoms with van der Waals surface area (Å²) in [7, 11) is 0. The van der Waals surface area contributed by atoms with Crippen LogP contribution in [-0.4, -0.2) is 161 Å². The summed E-state index contributed by atoms with van der Waals surface area (Å²) < 4.78 is -0.579. The van der Waals surface area contributed by atoms with E-state index in [0.717, 1.165) is 17.0 Å². The summed E-state index contributed by atoms with van der Waals surface area (Å²) in [6, 6.07) is 7.64. The molecular weight excluding hydrogens is 953 g/mol. The molecule has 8 atom stereocenters. The van der Waals surface area contributed by atoms with Crippen LogP contribution >= 0.6 is 11.9 Å². The zero-order valence-corrected chi connectivity index (χ0v) is 39.9. The number of carboxylic acids is 4. The van der Waals surface area contributed by atoms with Crippen LogP contribution in [-0.2, 0) is 60.8 Å². The van der Waals surface area contributed by atoms with Gasteiger partial charge in [-0.25, -0.2) is 19.2 Å². The number of nitrogens with zero attached hydrogens (tertiary/aromatic N) is 3. The lowest BCUT2D eigenvalue weighted by Crippen LogP contribution is -2.62. The maximum Gasteiger partial charge on any atom is 0.333 e. The molecule has 3 aliphatic heterocycles. The monoisotopic (exact) mass is 1010 g/mol. The number of carboxylic acid groups (broad SMARTS) is 4. The highest BCUT2D eigenvalue weighted by atomic mass is 32.2. The van der Waals surface area contributed by atoms with Gasteiger partial charge in [0.1, 0.15) is 24.2 Å². The molecule has 11 N–H and O–H groups in total. The highest BCUT2D eigenvalue weighted by Crippen LogP contribution is 2.46. The molecule has 26 heteroatoms. The number of nitrogens with one attached hydrogen (secondary N) is 7. The Morgan fingerprint density at radius 1 is 0.704 bits per heavy atom. The third-order valence-electron chi connectivity index (χ3n) is 12.0. The molecule has 3 fully saturated rings. The van der Waals surface area contributed by atoms with E-state index in [2.05, 4.69) is 32.0 Å². The predicted octanol–water partition coefficient (Wildman–Crippen LogP) is -0.961. The summed E-state index contributed by atoms with van der Waals surface area (Å²) in [6.07, 6.45) is -1.57. The molecule has 0 bridgehead atoms. The fourth-order valence-corrected chi connectivity index (χ4v) is 9.72. The summed E-state index contributed by atoms with van der Waals surface area (Å²) >= 11 is 1.04. The van der Waals surface area contributed by atoms with Gasteiger partial charge >= 0.3 is 35.8 Å². The van der Waals surface area contributed by atoms with Crippen LogP contribution in [0.4, 0.5) is 4.79 Å². The average Bonchev–Trinajstić information content (AvgIpc) is 3.89. The van der Waals surface area contributed by atoms with Gasteiger partial charge in [0.2, 0.25) is 23.6 Å². The molecule has 0 aliphatic carbocycles. The van der Waals surface area contributed by atoms with Gasteiger partial charge in [-0.15, -0.1) is 10.0 Å². The van der Waals surface area contributed by atoms with Crippen LogP contribution in [0, 0.1) is 5.41 Å². The summed E-state index contributed by atoms with van der Waals surface area (Å²) in [4.78, 5) is 140. The minimum atomic E-state index is -1.60. The molecule has 3 saturated heterocycles. The van der Waals surface area contributed by atoms with Crippen molar-refractivity contribution >= 4 is 77.3 Å². The number of aliphatic carboxylic acids is 4. The maximum atomic E-state index is 14.2. The first-order valence-corrected chi connectivity index (χ1v) is 23.6. The number of rotatable bonds is 26. The van der Waals surface area contributed by atoms with Crippen LogP contribution in [0.25, 0.3) is 0 Å². The van der Waals surface area contributed by atoms with Crippen LogP contribution in [0.15, 0.2) is 60.7 Å². The van der Waals surface area contributed by atoms with E-state index in [1.807, 2.05) is 5.32 Å². The standard InChI is InChI=1S/C45H58N10O15S/c1-25-39(62)54-33(43(68)69)24-71-55(54)52-32(40(63)53(25)55)23-47-37(60)30(20-26-10-6-4-7-11-26)49-38(61)31(21-27-12-8-5-9-13-27)48-35(57)22-45(2,3)18-19-46-34(56)16-14-28(41(64)65)50-44(70)51-29(42(66)67)15-17-36(58)59/h4-13,25,28-33,52H,14-24H2,1-3H3,(H9-,46,47,48,49,50,51,56,57,58,59,60,61,64,65,66,67,68,69,70)/p+1/t25?,28-,29-,30-,31-,32-,33-,55?/m0/s1. The molecule has 2 aromatic rings. The van der Waals surface area contributed by atoms with E-state index in [0.29, 0.717) is 11.1 Å². The fourth-order valence-electron chi connectivity index (χ4n) is 8.22. The molecule has 0 radical (unpaired) electrons. The first-order chi connectivity index (χ1) is 33.5. The zero-order chi connectivity index (χ0) is 52.2. The summed E-state index contributed by atoms with van der Waals surface area (Å²) in [6.45, 7) is 4.78. The number of quaternary nitrogens is 1. The van der Waals surface area contributed by atoms with Crippen LogP contribution in [0.3, 0.4) is 0 Å². The smallest absolute Gasteiger partial charge is 0.333 e. The number of amides is 8. The maximum absolute atomic E-state index is 14.2. The number of hydrogen-bond donors (Lipinski definition) is 11. The molecular formula is C45H59N10O15S+. The summed E-state index contributed by atoms with van der Waals surface area (Å²) in [5.41, 5.74) is 3.65. The van der Waals surface area contributed by atoms with Crippen LogP contribution < -0.4 is 37.3 Å². The number of carbonyl (C=O) groups excluding carboxylic acids is 7. The van der Waals surface area contributed by atoms with Gasteiger partial charge < -0.3 is 52.3 Å². The molecule has 2 unspecified atom stereocenters. The minimum Gasteiger partial charge on any atom is -0.481 e. The second-order valence-corrected chi connectivity index (χ2v) is 19.1. The minimum absolute atomic E-state index is 0.0107. The Balaban J connectivity index is 1.18. The van der Waals surface area contributed by atoms with Crippen LogP contribution in [0.2, 0.25) is 0 Å². The van der Waals surface area contributed by atoms with E-state index in [9.17, 15) is 68.1 Å². The Morgan fingerprint density at radius 2 is 1.25 bits per heavy atom. The fraction of sp³-hybridized carbons (Fsp3) is 0.489. The topological polar surface area (TPSA) is 359 Å². The second kappa shape index (κ2) is 24.0. The number of benzene rings is 2. The van der Waals surface area contributed by atoms with E-state index in [4.69, 9.17) is 5.11 Å². The third kappa shape index (κ3) is 14.4. The molecule has 0 aromatic heterocycles. The molecule has 71 heavy (non-hydrogen) atoms. The molecule has 3 heterocycles. The van der Waals surface area contributed by atoms with Gasteiger partial charge in [-0.05, 0) is 42.7 Å². The molecule has 25 nitrogen and oxygen atoms in total. The molecule has 8 amide bonds. The SMILES string of the molecule is CC1C(=O)N2[C@H](C(=O)O)CS[N+]23N[C@@H](CNC(=O)[C@H](Cc2ccccc2)NC(=O)[C@H](Cc2ccccc2)NC(=O)CC(C)(C)CCNC(=O)CC[C@H](NC(=O)N[C@@H](CCC(=O)O)C(=O)O)C(=O)O)C(=O)N13. The van der Waals surface area contributed by atoms with E-state index in [-0.39, 0.29) is 57.4 Å². The van der Waals surface area contributed by atoms with Crippen LogP contribution in [0.1, 0.15) is 70.4 Å². The lowest BCUT2D eigenvalue weighted by atomic mass is 9.85. The first-order valence-electron chi connectivity index (χ1n) is 22.7. The Hall–Kier alpha value is -7.32. The van der Waals surface area contributed by atoms with Crippen molar-refractivity contribution in [3.8, 4) is 0 Å². The van der Waals surface area contributed by atoms with E-state index < -0.39 is 130 Å². The van der Waals surface area contributed by atoms with Crippen molar-refractivity contribution in [2.45, 2.75) is 114 Å². The number of urea groups is 1. The third-order valence-corrected chi connectivity index (χ3v) is 13.3. The largest absolute Gasteiger partial charge is 0.481 e. The predicted molar refractivity (Wildman–Crippen MR) is 248 cm³/mol. The van der Waals surface area contributed by atoms with Gasteiger partial charge in [-0.2, -0.15) is 0 Å². The van der Waals surface area contributed by atoms with E-state index in [1.54, 1.807) is 74.5 Å². The molecule has 5 rings (SSSR count). The quantitative estimate of drug-likeness (QED) is 0.0399. The van der Waals surface area contributed by atoms with Crippen molar-refractivity contribution < 1.29 is 77.4 Å². The van der Waals surface area contributed by atoms with E-state index in [1.165, 1.54) is 11.9 Å². The second-order valence-electron chi connectivity index (χ2n) is 18.0. The molecule has 1 spiro atoms. The Kier molecular flexibility index (Phi) is 18.5. The van der Waals surface area contributed by atoms with Crippen molar-refractivity contribution in [2.75, 3.05) is 18.8 Å². The van der Waals surface area contributed by atoms with Gasteiger partial charge in [-0.3, -0.25) is 33.6 Å². The molecule has 2 aromatic carbocycles. The van der Waals surface area contributed by atoms with Crippen molar-refractivity contribution in [3.05, 3.63) is 71.8 Å². The van der Waals surface area contributed by atoms with Crippen molar-refractivity contribution in [1.29, 1.82) is 0 Å². The summed E-state index contributed by atoms with van der Waals surface area (Å²) in [5, 5.41) is 54.9. The Bertz CT molecular complexity index is 2360. The average molecular weight is 1010 g/mol. The molecule has 0 saturated carbocycles. The molecule has 3 aliphatic rings. The van der Waals surface area contributed by atoms with Gasteiger partial charge in [-0.1, -0.05) is 79.9 Å². The molecule has 384 valence electrons. The summed E-state index contributed by atoms with van der Waals surface area (Å²) in [5.74, 6) is -9.08. The van der Waals surface area contributed by atoms with Crippen molar-refractivity contribution in [2.24, 2.45) is 5.41 Å². The van der Waals surface area contributed by atoms with E-state index >= 15 is 0 Å². The normalized spacial score (nSPS) is 20.9. The van der Waals surface area contributed by atoms with Crippen LogP contribution in [0.5, 0.6) is 0 Å². The lowest BCUT2D eigenvalue weighted by Gasteiger charge is -2.30. The highest BCUT2D eigenvalue weighted by molar-refractivity contribution is 7.94. The zero-order valence-electron chi connectivity index (χ0n) is 39.1. The Labute approximate surface area is 411 Å². The van der Waals surface area contributed by atoms with Crippen molar-refractivity contribution in [3.63, 3.8) is 0 Å². The number of hydrogen-bond acceptors (Lipinski definition) is 13. The van der Waals surface area contributed by atoms with Crippen molar-refractivity contribution in [1.82, 2.24) is 47.3 Å². The highest BCUT2D eigenvalue weighted by Gasteiger charge is 2.73. The van der Waals surface area contributed by atoms with Gasteiger partial charge in [0.25, 0.3) is 5.91 Å². The lowest BCUT2D eigenvalue weighted by molar-refractivity contribution is -1.01. The van der Waals surface area contributed by atoms with Gasteiger partial charge in [0.05, 0.1) is 5.75 Å². The Morgan fingerprint density at radius 3 is 1.79 bits per heavy atom. The number of carbonyl (C=O) groups is 11. The van der Waals surface area contributed by atoms with Gasteiger partial charge in [0, 0.05) is 49.4 Å².